The van der Waals surface area contributed by atoms with Crippen LogP contribution in [0.4, 0.5) is 0 Å². The van der Waals surface area contributed by atoms with E-state index in [9.17, 15) is 14.7 Å². The number of carbonyl (C=O) groups is 2. The van der Waals surface area contributed by atoms with Gasteiger partial charge in [0.25, 0.3) is 0 Å². The number of aliphatic hydroxyl groups excluding tert-OH is 1. The van der Waals surface area contributed by atoms with E-state index in [2.05, 4.69) is 13.8 Å². The summed E-state index contributed by atoms with van der Waals surface area (Å²) in [7, 11) is 1.58. The number of ketones is 2. The maximum Gasteiger partial charge on any atom is 0.162 e. The van der Waals surface area contributed by atoms with Crippen LogP contribution in [0.15, 0.2) is 11.6 Å². The maximum absolute atomic E-state index is 12.8. The number of aliphatic hydroxyl groups is 1. The molecule has 0 bridgehead atoms. The molecule has 4 aliphatic carbocycles. The minimum atomic E-state index is -0.876. The molecule has 0 radical (unpaired) electrons. The van der Waals surface area contributed by atoms with Gasteiger partial charge < -0.3 is 14.6 Å². The van der Waals surface area contributed by atoms with Crippen molar-refractivity contribution in [1.29, 1.82) is 0 Å². The molecule has 0 saturated heterocycles. The first-order valence-corrected chi connectivity index (χ1v) is 10.8. The molecular weight excluding hydrogens is 356 g/mol. The van der Waals surface area contributed by atoms with E-state index >= 15 is 0 Å². The highest BCUT2D eigenvalue weighted by Gasteiger charge is 2.68. The van der Waals surface area contributed by atoms with Gasteiger partial charge in [-0.1, -0.05) is 19.4 Å². The summed E-state index contributed by atoms with van der Waals surface area (Å²) in [5.41, 5.74) is -0.134. The average Bonchev–Trinajstić information content (AvgIpc) is 2.93. The molecule has 0 aromatic rings. The first-order valence-electron chi connectivity index (χ1n) is 10.8. The van der Waals surface area contributed by atoms with Gasteiger partial charge in [-0.15, -0.1) is 0 Å². The van der Waals surface area contributed by atoms with Crippen LogP contribution in [0.3, 0.4) is 0 Å². The lowest BCUT2D eigenvalue weighted by molar-refractivity contribution is -0.214. The quantitative estimate of drug-likeness (QED) is 0.745. The molecule has 5 nitrogen and oxygen atoms in total. The second kappa shape index (κ2) is 6.75. The monoisotopic (exact) mass is 390 g/mol. The number of methoxy groups -OCH3 is 1. The second-order valence-corrected chi connectivity index (χ2v) is 10.0. The summed E-state index contributed by atoms with van der Waals surface area (Å²) in [4.78, 5) is 24.8. The number of Topliss-reactive ketones (excluding diaryl/α,β-unsaturated/α-hetero) is 1. The molecule has 4 aliphatic rings. The molecule has 0 aromatic heterocycles. The van der Waals surface area contributed by atoms with E-state index in [1.54, 1.807) is 14.0 Å². The fourth-order valence-corrected chi connectivity index (χ4v) is 7.75. The van der Waals surface area contributed by atoms with Gasteiger partial charge in [0.2, 0.25) is 0 Å². The molecule has 3 saturated carbocycles. The fourth-order valence-electron chi connectivity index (χ4n) is 7.75. The van der Waals surface area contributed by atoms with Crippen molar-refractivity contribution < 1.29 is 24.2 Å². The van der Waals surface area contributed by atoms with Crippen LogP contribution in [0.5, 0.6) is 0 Å². The normalized spacial score (nSPS) is 47.8. The zero-order valence-corrected chi connectivity index (χ0v) is 17.6. The summed E-state index contributed by atoms with van der Waals surface area (Å²) in [6.45, 7) is 6.12. The van der Waals surface area contributed by atoms with E-state index < -0.39 is 11.7 Å². The third-order valence-corrected chi connectivity index (χ3v) is 9.01. The zero-order chi connectivity index (χ0) is 20.3. The lowest BCUT2D eigenvalue weighted by atomic mass is 9.45. The van der Waals surface area contributed by atoms with E-state index in [1.165, 1.54) is 5.57 Å². The lowest BCUT2D eigenvalue weighted by Crippen LogP contribution is -2.62. The Morgan fingerprint density at radius 3 is 2.68 bits per heavy atom. The maximum atomic E-state index is 12.8. The van der Waals surface area contributed by atoms with Crippen molar-refractivity contribution in [3.05, 3.63) is 11.6 Å². The highest BCUT2D eigenvalue weighted by atomic mass is 16.7. The molecule has 0 aromatic carbocycles. The largest absolute Gasteiger partial charge is 0.393 e. The number of allylic oxidation sites excluding steroid dienone is 1. The summed E-state index contributed by atoms with van der Waals surface area (Å²) in [6.07, 6.45) is 6.89. The number of carbonyl (C=O) groups excluding carboxylic acids is 2. The van der Waals surface area contributed by atoms with Gasteiger partial charge in [0.15, 0.2) is 11.6 Å². The minimum Gasteiger partial charge on any atom is -0.393 e. The molecular formula is C23H34O5. The molecule has 0 spiro atoms. The second-order valence-electron chi connectivity index (χ2n) is 10.0. The number of ether oxygens (including phenoxy) is 2. The van der Waals surface area contributed by atoms with Crippen LogP contribution in [0.25, 0.3) is 0 Å². The van der Waals surface area contributed by atoms with Crippen LogP contribution in [0.1, 0.15) is 65.7 Å². The highest BCUT2D eigenvalue weighted by Crippen LogP contribution is 2.68. The Kier molecular flexibility index (Phi) is 4.88. The van der Waals surface area contributed by atoms with Crippen molar-refractivity contribution in [2.24, 2.45) is 28.6 Å². The Bertz CT molecular complexity index is 714. The zero-order valence-electron chi connectivity index (χ0n) is 17.6. The van der Waals surface area contributed by atoms with Gasteiger partial charge in [0, 0.05) is 18.9 Å². The van der Waals surface area contributed by atoms with E-state index in [0.717, 1.165) is 25.7 Å². The molecule has 3 fully saturated rings. The van der Waals surface area contributed by atoms with Crippen LogP contribution < -0.4 is 0 Å². The SMILES string of the molecule is COCO[C@]1(C(C)=O)CC[C@H]2[C@@H]3CCC4=CC(=O)CC[C@]4(C)[C@H]3C(O)C[C@@]21C. The van der Waals surface area contributed by atoms with Crippen LogP contribution in [0.2, 0.25) is 0 Å². The van der Waals surface area contributed by atoms with E-state index in [-0.39, 0.29) is 35.1 Å². The Balaban J connectivity index is 1.72. The van der Waals surface area contributed by atoms with Crippen molar-refractivity contribution in [3.63, 3.8) is 0 Å². The van der Waals surface area contributed by atoms with Crippen molar-refractivity contribution in [3.8, 4) is 0 Å². The van der Waals surface area contributed by atoms with E-state index in [0.29, 0.717) is 31.1 Å². The van der Waals surface area contributed by atoms with Gasteiger partial charge in [-0.3, -0.25) is 9.59 Å². The van der Waals surface area contributed by atoms with Crippen LogP contribution in [-0.2, 0) is 19.1 Å². The Morgan fingerprint density at radius 2 is 2.00 bits per heavy atom. The Morgan fingerprint density at radius 1 is 1.25 bits per heavy atom. The first-order chi connectivity index (χ1) is 13.2. The molecule has 156 valence electrons. The highest BCUT2D eigenvalue weighted by molar-refractivity contribution is 5.91. The van der Waals surface area contributed by atoms with Gasteiger partial charge in [-0.2, -0.15) is 0 Å². The summed E-state index contributed by atoms with van der Waals surface area (Å²) in [5, 5.41) is 11.4. The van der Waals surface area contributed by atoms with Gasteiger partial charge in [0.05, 0.1) is 6.10 Å². The summed E-state index contributed by atoms with van der Waals surface area (Å²) >= 11 is 0. The van der Waals surface area contributed by atoms with Gasteiger partial charge in [0.1, 0.15) is 12.4 Å². The van der Waals surface area contributed by atoms with E-state index in [4.69, 9.17) is 9.47 Å². The number of hydrogen-bond donors (Lipinski definition) is 1. The predicted molar refractivity (Wildman–Crippen MR) is 104 cm³/mol. The number of fused-ring (bicyclic) bond motifs is 5. The average molecular weight is 391 g/mol. The summed E-state index contributed by atoms with van der Waals surface area (Å²) < 4.78 is 11.3. The standard InChI is InChI=1S/C23H34O5/c1-14(24)23(28-13-27-4)10-8-18-17-6-5-15-11-16(25)7-9-21(15,2)20(17)19(26)12-22(18,23)3/h11,17-20,26H,5-10,12-13H2,1-4H3/t17-,18-,19?,20+,21-,22-,23-/m0/s1. The van der Waals surface area contributed by atoms with Crippen molar-refractivity contribution >= 4 is 11.6 Å². The number of rotatable bonds is 4. The lowest BCUT2D eigenvalue weighted by Gasteiger charge is -2.60. The first kappa shape index (κ1) is 20.2. The fraction of sp³-hybridized carbons (Fsp3) is 0.826. The molecule has 0 aliphatic heterocycles. The molecule has 0 heterocycles. The molecule has 7 atom stereocenters. The smallest absolute Gasteiger partial charge is 0.162 e. The Hall–Kier alpha value is -1.04. The Labute approximate surface area is 167 Å². The van der Waals surface area contributed by atoms with Crippen LogP contribution in [0, 0.1) is 28.6 Å². The van der Waals surface area contributed by atoms with Crippen molar-refractivity contribution in [2.75, 3.05) is 13.9 Å². The van der Waals surface area contributed by atoms with Gasteiger partial charge in [-0.25, -0.2) is 0 Å². The van der Waals surface area contributed by atoms with Crippen LogP contribution in [-0.4, -0.2) is 42.3 Å². The predicted octanol–water partition coefficient (Wildman–Crippen LogP) is 3.44. The van der Waals surface area contributed by atoms with Gasteiger partial charge in [-0.05, 0) is 74.7 Å². The third kappa shape index (κ3) is 2.55. The van der Waals surface area contributed by atoms with Crippen molar-refractivity contribution in [2.45, 2.75) is 77.4 Å². The molecule has 4 rings (SSSR count). The molecule has 0 amide bonds. The number of hydrogen-bond acceptors (Lipinski definition) is 5. The molecule has 1 unspecified atom stereocenters. The van der Waals surface area contributed by atoms with Crippen LogP contribution >= 0.6 is 0 Å². The molecule has 5 heteroatoms. The van der Waals surface area contributed by atoms with Gasteiger partial charge >= 0.3 is 0 Å². The van der Waals surface area contributed by atoms with Crippen molar-refractivity contribution in [1.82, 2.24) is 0 Å². The molecule has 1 N–H and O–H groups in total. The summed E-state index contributed by atoms with van der Waals surface area (Å²) in [5.74, 6) is 1.13. The van der Waals surface area contributed by atoms with E-state index in [1.807, 2.05) is 6.08 Å². The molecule has 28 heavy (non-hydrogen) atoms. The topological polar surface area (TPSA) is 72.8 Å². The third-order valence-electron chi connectivity index (χ3n) is 9.01. The summed E-state index contributed by atoms with van der Waals surface area (Å²) in [6, 6.07) is 0. The minimum absolute atomic E-state index is 0.0473.